The molecular formula is C25H31NO6. The maximum atomic E-state index is 13.3. The van der Waals surface area contributed by atoms with Gasteiger partial charge in [-0.1, -0.05) is 13.0 Å². The van der Waals surface area contributed by atoms with Gasteiger partial charge in [0.15, 0.2) is 17.8 Å². The van der Waals surface area contributed by atoms with Crippen LogP contribution in [0.15, 0.2) is 24.3 Å². The zero-order valence-corrected chi connectivity index (χ0v) is 18.6. The van der Waals surface area contributed by atoms with Crippen LogP contribution in [0.4, 0.5) is 5.69 Å². The maximum Gasteiger partial charge on any atom is 0.224 e. The number of benzene rings is 1. The van der Waals surface area contributed by atoms with Gasteiger partial charge in [-0.15, -0.1) is 0 Å². The Hall–Kier alpha value is -2.67. The van der Waals surface area contributed by atoms with Crippen molar-refractivity contribution < 1.29 is 29.3 Å². The number of nitrogens with one attached hydrogen (secondary N) is 1. The first-order chi connectivity index (χ1) is 15.2. The summed E-state index contributed by atoms with van der Waals surface area (Å²) in [5.41, 5.74) is -1.10. The van der Waals surface area contributed by atoms with Crippen LogP contribution >= 0.6 is 0 Å². The first-order valence-corrected chi connectivity index (χ1v) is 11.4. The minimum absolute atomic E-state index is 0.0135. The van der Waals surface area contributed by atoms with Crippen molar-refractivity contribution >= 4 is 23.7 Å². The van der Waals surface area contributed by atoms with Crippen LogP contribution in [-0.4, -0.2) is 39.9 Å². The molecule has 1 amide bonds. The summed E-state index contributed by atoms with van der Waals surface area (Å²) >= 11 is 0. The Morgan fingerprint density at radius 1 is 1.28 bits per heavy atom. The van der Waals surface area contributed by atoms with Gasteiger partial charge < -0.3 is 20.3 Å². The summed E-state index contributed by atoms with van der Waals surface area (Å²) < 4.78 is 6.47. The van der Waals surface area contributed by atoms with Crippen LogP contribution in [-0.2, 0) is 14.3 Å². The third kappa shape index (κ3) is 3.83. The number of carbonyl (C=O) groups excluding carboxylic acids is 3. The topological polar surface area (TPSA) is 113 Å². The quantitative estimate of drug-likeness (QED) is 0.468. The average molecular weight is 442 g/mol. The van der Waals surface area contributed by atoms with Gasteiger partial charge in [0, 0.05) is 11.8 Å². The number of phenolic OH excluding ortho intramolecular Hbond substituents is 2. The summed E-state index contributed by atoms with van der Waals surface area (Å²) in [6.45, 7) is 4.12. The summed E-state index contributed by atoms with van der Waals surface area (Å²) in [6, 6.07) is 2.51. The highest BCUT2D eigenvalue weighted by Crippen LogP contribution is 2.55. The van der Waals surface area contributed by atoms with Crippen molar-refractivity contribution in [3.8, 4) is 11.5 Å². The number of rotatable bonds is 5. The van der Waals surface area contributed by atoms with Crippen LogP contribution < -0.4 is 5.32 Å². The van der Waals surface area contributed by atoms with Crippen molar-refractivity contribution in [1.82, 2.24) is 0 Å². The smallest absolute Gasteiger partial charge is 0.224 e. The number of allylic oxidation sites excluding steroid dienone is 2. The summed E-state index contributed by atoms with van der Waals surface area (Å²) in [4.78, 5) is 37.0. The van der Waals surface area contributed by atoms with E-state index in [9.17, 15) is 24.6 Å². The molecule has 1 aliphatic carbocycles. The van der Waals surface area contributed by atoms with E-state index in [-0.39, 0.29) is 46.8 Å². The van der Waals surface area contributed by atoms with Crippen LogP contribution in [0, 0.1) is 17.3 Å². The molecule has 3 aliphatic rings. The molecular weight excluding hydrogens is 410 g/mol. The van der Waals surface area contributed by atoms with Gasteiger partial charge in [0.1, 0.15) is 11.4 Å². The number of ether oxygens (including phenoxy) is 1. The Morgan fingerprint density at radius 3 is 2.81 bits per heavy atom. The molecule has 3 N–H and O–H groups in total. The molecule has 0 saturated carbocycles. The number of aldehydes is 1. The Kier molecular flexibility index (Phi) is 5.88. The van der Waals surface area contributed by atoms with Gasteiger partial charge in [0.2, 0.25) is 5.91 Å². The normalized spacial score (nSPS) is 33.8. The van der Waals surface area contributed by atoms with Crippen LogP contribution in [0.25, 0.3) is 0 Å². The van der Waals surface area contributed by atoms with Crippen LogP contribution in [0.5, 0.6) is 11.5 Å². The Bertz CT molecular complexity index is 971. The van der Waals surface area contributed by atoms with Crippen LogP contribution in [0.3, 0.4) is 0 Å². The van der Waals surface area contributed by atoms with Gasteiger partial charge in [-0.2, -0.15) is 0 Å². The van der Waals surface area contributed by atoms with E-state index in [1.165, 1.54) is 12.1 Å². The first-order valence-electron chi connectivity index (χ1n) is 11.4. The Labute approximate surface area is 187 Å². The molecule has 2 heterocycles. The van der Waals surface area contributed by atoms with Gasteiger partial charge in [0.05, 0.1) is 17.3 Å². The highest BCUT2D eigenvalue weighted by Gasteiger charge is 2.56. The molecule has 5 atom stereocenters. The second-order valence-corrected chi connectivity index (χ2v) is 9.87. The number of anilines is 1. The Morgan fingerprint density at radius 2 is 2.06 bits per heavy atom. The van der Waals surface area contributed by atoms with E-state index in [1.54, 1.807) is 6.08 Å². The van der Waals surface area contributed by atoms with Gasteiger partial charge in [-0.25, -0.2) is 0 Å². The van der Waals surface area contributed by atoms with Gasteiger partial charge in [0.25, 0.3) is 0 Å². The lowest BCUT2D eigenvalue weighted by Gasteiger charge is -2.44. The van der Waals surface area contributed by atoms with Crippen LogP contribution in [0.1, 0.15) is 69.2 Å². The second kappa shape index (κ2) is 8.35. The number of hydrogen-bond acceptors (Lipinski definition) is 6. The van der Waals surface area contributed by atoms with Crippen molar-refractivity contribution in [1.29, 1.82) is 0 Å². The van der Waals surface area contributed by atoms with E-state index in [2.05, 4.69) is 12.2 Å². The van der Waals surface area contributed by atoms with Crippen molar-refractivity contribution in [3.05, 3.63) is 29.8 Å². The predicted octanol–water partition coefficient (Wildman–Crippen LogP) is 4.13. The number of hydrogen-bond donors (Lipinski definition) is 3. The molecule has 3 bridgehead atoms. The summed E-state index contributed by atoms with van der Waals surface area (Å²) in [5, 5.41) is 22.7. The molecule has 2 fully saturated rings. The lowest BCUT2D eigenvalue weighted by molar-refractivity contribution is -0.150. The fourth-order valence-electron chi connectivity index (χ4n) is 5.87. The van der Waals surface area contributed by atoms with E-state index < -0.39 is 17.1 Å². The standard InChI is InChI=1S/C25H31NO6/c1-24(11-10-21(30)26-22-18(28)8-7-15(14-27)23(22)31)17-9-12-25(2)16(13-19(17)32-25)5-3-4-6-20(24)29/h4,6-8,14,16-17,19,28,31H,3,5,9-13H2,1-2H3,(H,26,30)/t16?,17?,19-,24-,25-/m0/s1. The molecule has 0 aromatic heterocycles. The van der Waals surface area contributed by atoms with Crippen molar-refractivity contribution in [2.75, 3.05) is 5.32 Å². The molecule has 1 aromatic rings. The van der Waals surface area contributed by atoms with E-state index >= 15 is 0 Å². The number of amides is 1. The predicted molar refractivity (Wildman–Crippen MR) is 119 cm³/mol. The molecule has 0 spiro atoms. The third-order valence-electron chi connectivity index (χ3n) is 7.98. The highest BCUT2D eigenvalue weighted by molar-refractivity contribution is 5.98. The molecule has 172 valence electrons. The molecule has 2 aliphatic heterocycles. The van der Waals surface area contributed by atoms with E-state index in [0.717, 1.165) is 32.1 Å². The Balaban J connectivity index is 1.53. The number of phenols is 2. The first kappa shape index (κ1) is 22.5. The minimum atomic E-state index is -0.749. The molecule has 2 unspecified atom stereocenters. The summed E-state index contributed by atoms with van der Waals surface area (Å²) in [5.74, 6) is -0.722. The lowest BCUT2D eigenvalue weighted by Crippen LogP contribution is -2.46. The molecule has 7 heteroatoms. The lowest BCUT2D eigenvalue weighted by atomic mass is 9.65. The van der Waals surface area contributed by atoms with Crippen molar-refractivity contribution in [2.45, 2.75) is 70.5 Å². The molecule has 0 radical (unpaired) electrons. The highest BCUT2D eigenvalue weighted by atomic mass is 16.5. The largest absolute Gasteiger partial charge is 0.506 e. The zero-order chi connectivity index (χ0) is 23.1. The number of carbonyl (C=O) groups is 3. The number of aromatic hydroxyl groups is 2. The maximum absolute atomic E-state index is 13.3. The number of fused-ring (bicyclic) bond motifs is 3. The molecule has 7 nitrogen and oxygen atoms in total. The summed E-state index contributed by atoms with van der Waals surface area (Å²) in [6.07, 6.45) is 9.04. The molecule has 2 saturated heterocycles. The fraction of sp³-hybridized carbons (Fsp3) is 0.560. The number of ketones is 1. The molecule has 32 heavy (non-hydrogen) atoms. The van der Waals surface area contributed by atoms with E-state index in [4.69, 9.17) is 4.74 Å². The van der Waals surface area contributed by atoms with Gasteiger partial charge in [-0.05, 0) is 75.5 Å². The van der Waals surface area contributed by atoms with Crippen molar-refractivity contribution in [2.24, 2.45) is 17.3 Å². The monoisotopic (exact) mass is 441 g/mol. The van der Waals surface area contributed by atoms with Crippen molar-refractivity contribution in [3.63, 3.8) is 0 Å². The average Bonchev–Trinajstić information content (AvgIpc) is 3.00. The minimum Gasteiger partial charge on any atom is -0.506 e. The van der Waals surface area contributed by atoms with Gasteiger partial charge >= 0.3 is 0 Å². The fourth-order valence-corrected chi connectivity index (χ4v) is 5.87. The van der Waals surface area contributed by atoms with E-state index in [0.29, 0.717) is 18.6 Å². The molecule has 1 aromatic carbocycles. The van der Waals surface area contributed by atoms with Gasteiger partial charge in [-0.3, -0.25) is 14.4 Å². The second-order valence-electron chi connectivity index (χ2n) is 9.87. The molecule has 4 rings (SSSR count). The van der Waals surface area contributed by atoms with Crippen LogP contribution in [0.2, 0.25) is 0 Å². The van der Waals surface area contributed by atoms with E-state index in [1.807, 2.05) is 13.0 Å². The zero-order valence-electron chi connectivity index (χ0n) is 18.6. The third-order valence-corrected chi connectivity index (χ3v) is 7.98. The summed E-state index contributed by atoms with van der Waals surface area (Å²) in [7, 11) is 0. The SMILES string of the molecule is C[C@]12CCC3[C@H](CC1CCC=CC(=O)[C@@]3(C)CCC(=O)Nc1c(O)ccc(C=O)c1O)O2.